The maximum absolute atomic E-state index is 13.5. The van der Waals surface area contributed by atoms with Crippen molar-refractivity contribution in [1.29, 1.82) is 0 Å². The molecule has 0 spiro atoms. The summed E-state index contributed by atoms with van der Waals surface area (Å²) in [6.07, 6.45) is 3.36. The lowest BCUT2D eigenvalue weighted by molar-refractivity contribution is -0.402. The number of nitrogens with zero attached hydrogens (tertiary/aromatic N) is 5. The molecule has 0 unspecified atom stereocenters. The first-order valence-corrected chi connectivity index (χ1v) is 8.92. The van der Waals surface area contributed by atoms with Crippen molar-refractivity contribution in [2.45, 2.75) is 6.54 Å². The average molecular weight is 401 g/mol. The van der Waals surface area contributed by atoms with E-state index in [0.29, 0.717) is 21.9 Å². The van der Waals surface area contributed by atoms with Crippen molar-refractivity contribution < 1.29 is 18.5 Å². The van der Waals surface area contributed by atoms with Gasteiger partial charge in [0.1, 0.15) is 10.7 Å². The van der Waals surface area contributed by atoms with Gasteiger partial charge < -0.3 is 4.42 Å². The van der Waals surface area contributed by atoms with Gasteiger partial charge >= 0.3 is 5.88 Å². The summed E-state index contributed by atoms with van der Waals surface area (Å²) in [6.45, 7) is 0.559. The van der Waals surface area contributed by atoms with Gasteiger partial charge in [0.15, 0.2) is 10.9 Å². The summed E-state index contributed by atoms with van der Waals surface area (Å²) in [5.74, 6) is -1.70. The van der Waals surface area contributed by atoms with Gasteiger partial charge in [0.2, 0.25) is 0 Å². The predicted molar refractivity (Wildman–Crippen MR) is 98.8 cm³/mol. The number of fused-ring (bicyclic) bond motifs is 1. The van der Waals surface area contributed by atoms with Crippen molar-refractivity contribution in [2.75, 3.05) is 11.4 Å². The van der Waals surface area contributed by atoms with Crippen LogP contribution in [0.1, 0.15) is 10.6 Å². The van der Waals surface area contributed by atoms with E-state index in [0.717, 1.165) is 17.4 Å². The number of hydrogen-bond acceptors (Lipinski definition) is 7. The summed E-state index contributed by atoms with van der Waals surface area (Å²) in [5.41, 5.74) is 0.545. The number of carbonyl (C=O) groups excluding carboxylic acids is 1. The fraction of sp³-hybridized carbons (Fsp3) is 0.118. The summed E-state index contributed by atoms with van der Waals surface area (Å²) >= 11 is 1.14. The third-order valence-corrected chi connectivity index (χ3v) is 4.95. The minimum Gasteiger partial charge on any atom is -0.395 e. The number of carbonyl (C=O) groups is 1. The number of aromatic nitrogens is 3. The Balaban J connectivity index is 1.68. The van der Waals surface area contributed by atoms with Gasteiger partial charge in [-0.1, -0.05) is 11.3 Å². The number of thiazole rings is 1. The first-order valence-electron chi connectivity index (χ1n) is 8.11. The normalized spacial score (nSPS) is 11.0. The maximum Gasteiger partial charge on any atom is 0.433 e. The van der Waals surface area contributed by atoms with Crippen LogP contribution < -0.4 is 4.90 Å². The van der Waals surface area contributed by atoms with E-state index >= 15 is 0 Å². The van der Waals surface area contributed by atoms with Gasteiger partial charge in [-0.3, -0.25) is 24.5 Å². The fourth-order valence-corrected chi connectivity index (χ4v) is 3.61. The Morgan fingerprint density at radius 1 is 1.36 bits per heavy atom. The van der Waals surface area contributed by atoms with E-state index < -0.39 is 22.5 Å². The van der Waals surface area contributed by atoms with E-state index in [1.807, 2.05) is 0 Å². The largest absolute Gasteiger partial charge is 0.433 e. The number of rotatable bonds is 6. The summed E-state index contributed by atoms with van der Waals surface area (Å²) in [7, 11) is 0. The number of benzene rings is 1. The lowest BCUT2D eigenvalue weighted by Gasteiger charge is -2.18. The van der Waals surface area contributed by atoms with Gasteiger partial charge in [-0.15, -0.1) is 0 Å². The molecule has 0 saturated heterocycles. The van der Waals surface area contributed by atoms with E-state index in [1.54, 1.807) is 23.1 Å². The van der Waals surface area contributed by atoms with Crippen LogP contribution in [0.4, 0.5) is 15.4 Å². The molecule has 28 heavy (non-hydrogen) atoms. The molecular weight excluding hydrogens is 389 g/mol. The minimum atomic E-state index is -0.717. The molecule has 4 rings (SSSR count). The second-order valence-corrected chi connectivity index (χ2v) is 6.74. The third kappa shape index (κ3) is 3.47. The molecule has 1 amide bonds. The molecule has 9 nitrogen and oxygen atoms in total. The SMILES string of the molecule is O=C(c1ccc([N+](=O)[O-])o1)N(CCn1cccn1)c1nc2ccc(F)cc2s1. The second kappa shape index (κ2) is 7.19. The zero-order valence-corrected chi connectivity index (χ0v) is 15.0. The predicted octanol–water partition coefficient (Wildman–Crippen LogP) is 3.48. The van der Waals surface area contributed by atoms with Crippen LogP contribution in [0.25, 0.3) is 10.2 Å². The molecule has 0 atom stereocenters. The van der Waals surface area contributed by atoms with Crippen LogP contribution in [0.5, 0.6) is 0 Å². The lowest BCUT2D eigenvalue weighted by Crippen LogP contribution is -2.33. The van der Waals surface area contributed by atoms with E-state index in [2.05, 4.69) is 10.1 Å². The van der Waals surface area contributed by atoms with Crippen molar-refractivity contribution in [3.05, 3.63) is 70.5 Å². The molecule has 1 aromatic carbocycles. The fourth-order valence-electron chi connectivity index (χ4n) is 2.59. The highest BCUT2D eigenvalue weighted by atomic mass is 32.1. The van der Waals surface area contributed by atoms with Crippen LogP contribution in [0.3, 0.4) is 0 Å². The molecule has 3 heterocycles. The highest BCUT2D eigenvalue weighted by Gasteiger charge is 2.26. The molecule has 4 aromatic rings. The van der Waals surface area contributed by atoms with Crippen molar-refractivity contribution in [3.63, 3.8) is 0 Å². The molecule has 0 N–H and O–H groups in total. The minimum absolute atomic E-state index is 0.183. The van der Waals surface area contributed by atoms with Crippen LogP contribution in [0.2, 0.25) is 0 Å². The molecule has 0 bridgehead atoms. The van der Waals surface area contributed by atoms with Gasteiger partial charge in [0, 0.05) is 18.9 Å². The molecular formula is C17H12FN5O4S. The number of amides is 1. The molecule has 0 saturated carbocycles. The van der Waals surface area contributed by atoms with Crippen LogP contribution in [-0.2, 0) is 6.54 Å². The van der Waals surface area contributed by atoms with Gasteiger partial charge in [-0.05, 0) is 30.3 Å². The molecule has 0 aliphatic heterocycles. The summed E-state index contributed by atoms with van der Waals surface area (Å²) in [6, 6.07) is 8.27. The Morgan fingerprint density at radius 3 is 2.93 bits per heavy atom. The summed E-state index contributed by atoms with van der Waals surface area (Å²) in [5, 5.41) is 15.3. The van der Waals surface area contributed by atoms with Crippen LogP contribution in [0.15, 0.2) is 53.2 Å². The lowest BCUT2D eigenvalue weighted by atomic mass is 10.3. The Hall–Kier alpha value is -3.60. The smallest absolute Gasteiger partial charge is 0.395 e. The van der Waals surface area contributed by atoms with Gasteiger partial charge in [0.25, 0.3) is 5.91 Å². The van der Waals surface area contributed by atoms with Crippen molar-refractivity contribution in [2.24, 2.45) is 0 Å². The molecule has 0 aliphatic rings. The third-order valence-electron chi connectivity index (χ3n) is 3.91. The molecule has 142 valence electrons. The number of furan rings is 1. The summed E-state index contributed by atoms with van der Waals surface area (Å²) < 4.78 is 20.8. The number of hydrogen-bond donors (Lipinski definition) is 0. The molecule has 0 fully saturated rings. The Labute approximate surface area is 160 Å². The Bertz CT molecular complexity index is 1150. The van der Waals surface area contributed by atoms with E-state index in [4.69, 9.17) is 4.42 Å². The van der Waals surface area contributed by atoms with E-state index in [1.165, 1.54) is 29.2 Å². The van der Waals surface area contributed by atoms with E-state index in [9.17, 15) is 19.3 Å². The Morgan fingerprint density at radius 2 is 2.21 bits per heavy atom. The number of anilines is 1. The zero-order valence-electron chi connectivity index (χ0n) is 14.2. The van der Waals surface area contributed by atoms with E-state index in [-0.39, 0.29) is 12.3 Å². The number of nitro groups is 1. The highest BCUT2D eigenvalue weighted by Crippen LogP contribution is 2.31. The first kappa shape index (κ1) is 17.8. The molecule has 0 aliphatic carbocycles. The zero-order chi connectivity index (χ0) is 19.7. The monoisotopic (exact) mass is 401 g/mol. The van der Waals surface area contributed by atoms with Crippen LogP contribution >= 0.6 is 11.3 Å². The number of halogens is 1. The van der Waals surface area contributed by atoms with Crippen molar-refractivity contribution in [1.82, 2.24) is 14.8 Å². The Kier molecular flexibility index (Phi) is 4.57. The topological polar surface area (TPSA) is 107 Å². The van der Waals surface area contributed by atoms with Gasteiger partial charge in [0.05, 0.1) is 22.8 Å². The molecule has 0 radical (unpaired) electrons. The first-order chi connectivity index (χ1) is 13.5. The highest BCUT2D eigenvalue weighted by molar-refractivity contribution is 7.22. The summed E-state index contributed by atoms with van der Waals surface area (Å²) in [4.78, 5) is 28.8. The van der Waals surface area contributed by atoms with Crippen LogP contribution in [0, 0.1) is 15.9 Å². The van der Waals surface area contributed by atoms with Crippen molar-refractivity contribution >= 4 is 38.5 Å². The standard InChI is InChI=1S/C17H12FN5O4S/c18-11-2-3-12-14(10-11)28-17(20-12)22(9-8-21-7-1-6-19-21)16(24)13-4-5-15(27-13)23(25)26/h1-7,10H,8-9H2. The van der Waals surface area contributed by atoms with Gasteiger partial charge in [-0.2, -0.15) is 5.10 Å². The van der Waals surface area contributed by atoms with Crippen molar-refractivity contribution in [3.8, 4) is 0 Å². The van der Waals surface area contributed by atoms with Crippen LogP contribution in [-0.4, -0.2) is 32.1 Å². The quantitative estimate of drug-likeness (QED) is 0.362. The second-order valence-electron chi connectivity index (χ2n) is 5.73. The molecule has 11 heteroatoms. The molecule has 3 aromatic heterocycles. The van der Waals surface area contributed by atoms with Gasteiger partial charge in [-0.25, -0.2) is 9.37 Å². The average Bonchev–Trinajstić information content (AvgIpc) is 3.41. The maximum atomic E-state index is 13.5.